The Balaban J connectivity index is 1.57. The van der Waals surface area contributed by atoms with Gasteiger partial charge in [0.15, 0.2) is 11.5 Å². The fraction of sp³-hybridized carbons (Fsp3) is 0.381. The van der Waals surface area contributed by atoms with Gasteiger partial charge in [-0.25, -0.2) is 0 Å². The molecule has 1 atom stereocenters. The van der Waals surface area contributed by atoms with Gasteiger partial charge in [0.05, 0.1) is 13.7 Å². The van der Waals surface area contributed by atoms with Gasteiger partial charge >= 0.3 is 0 Å². The van der Waals surface area contributed by atoms with E-state index in [0.29, 0.717) is 23.7 Å². The molecule has 0 aliphatic carbocycles. The molecule has 2 aromatic rings. The molecule has 26 heavy (non-hydrogen) atoms. The molecule has 1 amide bonds. The van der Waals surface area contributed by atoms with Crippen molar-refractivity contribution < 1.29 is 14.3 Å². The quantitative estimate of drug-likeness (QED) is 0.830. The first kappa shape index (κ1) is 18.3. The molecule has 5 nitrogen and oxygen atoms in total. The van der Waals surface area contributed by atoms with Crippen LogP contribution in [0.15, 0.2) is 48.5 Å². The number of carbonyl (C=O) groups excluding carboxylic acids is 1. The average Bonchev–Trinajstić information content (AvgIpc) is 3.09. The maximum Gasteiger partial charge on any atom is 0.251 e. The summed E-state index contributed by atoms with van der Waals surface area (Å²) in [5, 5.41) is 3.14. The molecule has 138 valence electrons. The number of benzene rings is 2. The van der Waals surface area contributed by atoms with Crippen molar-refractivity contribution in [3.8, 4) is 11.5 Å². The number of nitrogens with one attached hydrogen (secondary N) is 1. The van der Waals surface area contributed by atoms with E-state index in [0.717, 1.165) is 26.1 Å². The first-order valence-electron chi connectivity index (χ1n) is 9.07. The number of rotatable bonds is 7. The number of ether oxygens (including phenoxy) is 2. The number of likely N-dealkylation sites (tertiary alicyclic amines) is 1. The molecule has 1 unspecified atom stereocenters. The van der Waals surface area contributed by atoms with Crippen molar-refractivity contribution in [1.82, 2.24) is 10.2 Å². The molecule has 1 N–H and O–H groups in total. The highest BCUT2D eigenvalue weighted by atomic mass is 16.5. The normalized spacial score (nSPS) is 17.1. The van der Waals surface area contributed by atoms with Crippen molar-refractivity contribution in [2.24, 2.45) is 0 Å². The lowest BCUT2D eigenvalue weighted by Crippen LogP contribution is -2.37. The molecule has 1 fully saturated rings. The number of nitrogens with zero attached hydrogens (tertiary/aromatic N) is 1. The summed E-state index contributed by atoms with van der Waals surface area (Å²) in [6.07, 6.45) is 0.965. The summed E-state index contributed by atoms with van der Waals surface area (Å²) >= 11 is 0. The van der Waals surface area contributed by atoms with Crippen LogP contribution in [-0.4, -0.2) is 43.7 Å². The molecule has 1 saturated heterocycles. The Morgan fingerprint density at radius 2 is 2.00 bits per heavy atom. The first-order valence-corrected chi connectivity index (χ1v) is 9.07. The highest BCUT2D eigenvalue weighted by Gasteiger charge is 2.24. The maximum absolute atomic E-state index is 12.6. The van der Waals surface area contributed by atoms with Crippen LogP contribution in [0.1, 0.15) is 29.3 Å². The minimum absolute atomic E-state index is 0.0693. The first-order chi connectivity index (χ1) is 12.7. The fourth-order valence-corrected chi connectivity index (χ4v) is 3.29. The van der Waals surface area contributed by atoms with Gasteiger partial charge in [-0.2, -0.15) is 0 Å². The van der Waals surface area contributed by atoms with E-state index in [1.807, 2.05) is 13.0 Å². The molecular weight excluding hydrogens is 328 g/mol. The highest BCUT2D eigenvalue weighted by Crippen LogP contribution is 2.28. The summed E-state index contributed by atoms with van der Waals surface area (Å²) in [7, 11) is 1.59. The molecule has 5 heteroatoms. The second kappa shape index (κ2) is 8.72. The summed E-state index contributed by atoms with van der Waals surface area (Å²) in [5.74, 6) is 1.17. The van der Waals surface area contributed by atoms with Gasteiger partial charge in [-0.05, 0) is 37.1 Å². The molecule has 0 spiro atoms. The van der Waals surface area contributed by atoms with Crippen molar-refractivity contribution in [2.45, 2.75) is 25.9 Å². The van der Waals surface area contributed by atoms with Gasteiger partial charge < -0.3 is 14.8 Å². The van der Waals surface area contributed by atoms with Crippen LogP contribution in [0, 0.1) is 0 Å². The number of carbonyl (C=O) groups is 1. The zero-order valence-electron chi connectivity index (χ0n) is 15.4. The largest absolute Gasteiger partial charge is 0.493 e. The van der Waals surface area contributed by atoms with Crippen molar-refractivity contribution in [3.63, 3.8) is 0 Å². The summed E-state index contributed by atoms with van der Waals surface area (Å²) in [6.45, 7) is 5.22. The summed E-state index contributed by atoms with van der Waals surface area (Å²) < 4.78 is 10.8. The molecular formula is C21H26N2O3. The standard InChI is InChI=1S/C21H26N2O3/c1-3-26-20-13-17(9-10-19(20)25-2)21(24)22-18-11-12-23(15-18)14-16-7-5-4-6-8-16/h4-10,13,18H,3,11-12,14-15H2,1-2H3,(H,22,24). The SMILES string of the molecule is CCOc1cc(C(=O)NC2CCN(Cc3ccccc3)C2)ccc1OC. The van der Waals surface area contributed by atoms with Gasteiger partial charge in [0.1, 0.15) is 0 Å². The summed E-state index contributed by atoms with van der Waals surface area (Å²) in [5.41, 5.74) is 1.90. The van der Waals surface area contributed by atoms with E-state index in [1.165, 1.54) is 5.56 Å². The lowest BCUT2D eigenvalue weighted by molar-refractivity contribution is 0.0937. The number of hydrogen-bond acceptors (Lipinski definition) is 4. The van der Waals surface area contributed by atoms with E-state index in [9.17, 15) is 4.79 Å². The predicted molar refractivity (Wildman–Crippen MR) is 102 cm³/mol. The van der Waals surface area contributed by atoms with Crippen LogP contribution in [0.3, 0.4) is 0 Å². The van der Waals surface area contributed by atoms with E-state index in [-0.39, 0.29) is 11.9 Å². The molecule has 1 aliphatic rings. The van der Waals surface area contributed by atoms with Crippen molar-refractivity contribution in [3.05, 3.63) is 59.7 Å². The molecule has 0 aromatic heterocycles. The van der Waals surface area contributed by atoms with Gasteiger partial charge in [-0.15, -0.1) is 0 Å². The van der Waals surface area contributed by atoms with Crippen LogP contribution < -0.4 is 14.8 Å². The van der Waals surface area contributed by atoms with E-state index in [4.69, 9.17) is 9.47 Å². The van der Waals surface area contributed by atoms with Crippen molar-refractivity contribution in [1.29, 1.82) is 0 Å². The molecule has 1 aliphatic heterocycles. The van der Waals surface area contributed by atoms with Gasteiger partial charge in [-0.3, -0.25) is 9.69 Å². The van der Waals surface area contributed by atoms with Gasteiger partial charge in [-0.1, -0.05) is 30.3 Å². The zero-order valence-corrected chi connectivity index (χ0v) is 15.4. The predicted octanol–water partition coefficient (Wildman–Crippen LogP) is 3.10. The van der Waals surface area contributed by atoms with E-state index in [1.54, 1.807) is 25.3 Å². The minimum Gasteiger partial charge on any atom is -0.493 e. The second-order valence-corrected chi connectivity index (χ2v) is 6.48. The van der Waals surface area contributed by atoms with Gasteiger partial charge in [0, 0.05) is 31.2 Å². The maximum atomic E-state index is 12.6. The summed E-state index contributed by atoms with van der Waals surface area (Å²) in [4.78, 5) is 15.0. The third kappa shape index (κ3) is 4.55. The lowest BCUT2D eigenvalue weighted by atomic mass is 10.1. The van der Waals surface area contributed by atoms with Crippen LogP contribution in [0.5, 0.6) is 11.5 Å². The molecule has 1 heterocycles. The van der Waals surface area contributed by atoms with Gasteiger partial charge in [0.25, 0.3) is 5.91 Å². The number of methoxy groups -OCH3 is 1. The Morgan fingerprint density at radius 1 is 1.19 bits per heavy atom. The van der Waals surface area contributed by atoms with Gasteiger partial charge in [0.2, 0.25) is 0 Å². The van der Waals surface area contributed by atoms with Crippen LogP contribution in [0.4, 0.5) is 0 Å². The minimum atomic E-state index is -0.0693. The Hall–Kier alpha value is -2.53. The Kier molecular flexibility index (Phi) is 6.12. The molecule has 3 rings (SSSR count). The number of amides is 1. The van der Waals surface area contributed by atoms with Crippen molar-refractivity contribution >= 4 is 5.91 Å². The highest BCUT2D eigenvalue weighted by molar-refractivity contribution is 5.95. The van der Waals surface area contributed by atoms with Crippen LogP contribution in [-0.2, 0) is 6.54 Å². The Bertz CT molecular complexity index is 733. The lowest BCUT2D eigenvalue weighted by Gasteiger charge is -2.17. The van der Waals surface area contributed by atoms with E-state index >= 15 is 0 Å². The topological polar surface area (TPSA) is 50.8 Å². The van der Waals surface area contributed by atoms with Crippen LogP contribution >= 0.6 is 0 Å². The Morgan fingerprint density at radius 3 is 2.73 bits per heavy atom. The van der Waals surface area contributed by atoms with Crippen molar-refractivity contribution in [2.75, 3.05) is 26.8 Å². The summed E-state index contributed by atoms with van der Waals surface area (Å²) in [6, 6.07) is 15.9. The molecule has 0 bridgehead atoms. The monoisotopic (exact) mass is 354 g/mol. The third-order valence-electron chi connectivity index (χ3n) is 4.58. The van der Waals surface area contributed by atoms with E-state index < -0.39 is 0 Å². The van der Waals surface area contributed by atoms with Crippen LogP contribution in [0.25, 0.3) is 0 Å². The molecule has 0 saturated carbocycles. The number of hydrogen-bond donors (Lipinski definition) is 1. The zero-order chi connectivity index (χ0) is 18.4. The average molecular weight is 354 g/mol. The third-order valence-corrected chi connectivity index (χ3v) is 4.58. The Labute approximate surface area is 154 Å². The second-order valence-electron chi connectivity index (χ2n) is 6.48. The van der Waals surface area contributed by atoms with Crippen LogP contribution in [0.2, 0.25) is 0 Å². The molecule has 2 aromatic carbocycles. The molecule has 0 radical (unpaired) electrons. The fourth-order valence-electron chi connectivity index (χ4n) is 3.29. The smallest absolute Gasteiger partial charge is 0.251 e. The van der Waals surface area contributed by atoms with E-state index in [2.05, 4.69) is 34.5 Å².